The maximum absolute atomic E-state index is 12.9. The number of methoxy groups -OCH3 is 2. The van der Waals surface area contributed by atoms with Crippen LogP contribution in [0.5, 0.6) is 0 Å². The second-order valence-corrected chi connectivity index (χ2v) is 4.96. The van der Waals surface area contributed by atoms with E-state index in [-0.39, 0.29) is 11.9 Å². The molecule has 1 amide bonds. The first-order chi connectivity index (χ1) is 9.97. The summed E-state index contributed by atoms with van der Waals surface area (Å²) in [5.41, 5.74) is 7.58. The fraction of sp³-hybridized carbons (Fsp3) is 0.714. The van der Waals surface area contributed by atoms with Crippen molar-refractivity contribution in [1.29, 1.82) is 0 Å². The Bertz CT molecular complexity index is 473. The molecular weight excluding hydrogens is 272 g/mol. The van der Waals surface area contributed by atoms with Crippen LogP contribution in [0.2, 0.25) is 0 Å². The molecule has 0 spiro atoms. The van der Waals surface area contributed by atoms with E-state index in [4.69, 9.17) is 15.2 Å². The van der Waals surface area contributed by atoms with Gasteiger partial charge in [-0.25, -0.2) is 0 Å². The van der Waals surface area contributed by atoms with Gasteiger partial charge in [0.25, 0.3) is 5.91 Å². The van der Waals surface area contributed by atoms with Crippen molar-refractivity contribution in [3.8, 4) is 0 Å². The molecular formula is C14H26N4O3. The Morgan fingerprint density at radius 1 is 1.43 bits per heavy atom. The van der Waals surface area contributed by atoms with Crippen molar-refractivity contribution in [2.24, 2.45) is 0 Å². The zero-order valence-corrected chi connectivity index (χ0v) is 13.5. The summed E-state index contributed by atoms with van der Waals surface area (Å²) in [6, 6.07) is -0.0717. The van der Waals surface area contributed by atoms with E-state index < -0.39 is 0 Å². The summed E-state index contributed by atoms with van der Waals surface area (Å²) in [5, 5.41) is 4.30. The Kier molecular flexibility index (Phi) is 6.64. The highest BCUT2D eigenvalue weighted by molar-refractivity contribution is 5.98. The largest absolute Gasteiger partial charge is 0.395 e. The maximum atomic E-state index is 12.9. The summed E-state index contributed by atoms with van der Waals surface area (Å²) in [6.45, 7) is 7.65. The molecule has 0 bridgehead atoms. The van der Waals surface area contributed by atoms with E-state index in [0.29, 0.717) is 43.4 Å². The topological polar surface area (TPSA) is 82.6 Å². The summed E-state index contributed by atoms with van der Waals surface area (Å²) in [6.07, 6.45) is 0. The van der Waals surface area contributed by atoms with Crippen molar-refractivity contribution >= 4 is 11.6 Å². The number of carbonyl (C=O) groups is 1. The molecule has 1 rings (SSSR count). The molecule has 1 heterocycles. The number of nitrogens with zero attached hydrogens (tertiary/aromatic N) is 3. The second-order valence-electron chi connectivity index (χ2n) is 4.96. The zero-order chi connectivity index (χ0) is 16.0. The van der Waals surface area contributed by atoms with Crippen LogP contribution in [-0.2, 0) is 16.0 Å². The van der Waals surface area contributed by atoms with Crippen LogP contribution in [0, 0.1) is 6.92 Å². The molecule has 21 heavy (non-hydrogen) atoms. The molecule has 7 heteroatoms. The zero-order valence-electron chi connectivity index (χ0n) is 13.5. The molecule has 7 nitrogen and oxygen atoms in total. The van der Waals surface area contributed by atoms with E-state index >= 15 is 0 Å². The molecule has 1 unspecified atom stereocenters. The quantitative estimate of drug-likeness (QED) is 0.771. The van der Waals surface area contributed by atoms with Gasteiger partial charge < -0.3 is 20.1 Å². The smallest absolute Gasteiger partial charge is 0.274 e. The summed E-state index contributed by atoms with van der Waals surface area (Å²) in [4.78, 5) is 14.6. The van der Waals surface area contributed by atoms with E-state index in [2.05, 4.69) is 5.10 Å². The molecule has 0 radical (unpaired) electrons. The van der Waals surface area contributed by atoms with Crippen molar-refractivity contribution in [1.82, 2.24) is 14.7 Å². The average Bonchev–Trinajstić information content (AvgIpc) is 2.74. The Hall–Kier alpha value is -1.60. The normalized spacial score (nSPS) is 12.4. The lowest BCUT2D eigenvalue weighted by Crippen LogP contribution is -2.44. The van der Waals surface area contributed by atoms with Gasteiger partial charge in [-0.05, 0) is 20.8 Å². The molecule has 0 fully saturated rings. The van der Waals surface area contributed by atoms with E-state index in [9.17, 15) is 4.79 Å². The maximum Gasteiger partial charge on any atom is 0.274 e. The van der Waals surface area contributed by atoms with Gasteiger partial charge in [0.15, 0.2) is 0 Å². The summed E-state index contributed by atoms with van der Waals surface area (Å²) in [7, 11) is 3.22. The SMILES string of the molecule is CCn1nc(C)c(N)c1C(=O)N(CCOC)C(C)COC. The van der Waals surface area contributed by atoms with Crippen LogP contribution in [0.3, 0.4) is 0 Å². The molecule has 1 aromatic heterocycles. The third-order valence-electron chi connectivity index (χ3n) is 3.41. The molecule has 0 saturated heterocycles. The predicted octanol–water partition coefficient (Wildman–Crippen LogP) is 0.917. The van der Waals surface area contributed by atoms with E-state index in [0.717, 1.165) is 0 Å². The van der Waals surface area contributed by atoms with Gasteiger partial charge in [-0.1, -0.05) is 0 Å². The third-order valence-corrected chi connectivity index (χ3v) is 3.41. The van der Waals surface area contributed by atoms with Crippen molar-refractivity contribution in [2.75, 3.05) is 39.7 Å². The lowest BCUT2D eigenvalue weighted by molar-refractivity contribution is 0.0470. The Morgan fingerprint density at radius 2 is 2.10 bits per heavy atom. The molecule has 1 aromatic rings. The van der Waals surface area contributed by atoms with Crippen LogP contribution < -0.4 is 5.73 Å². The number of ether oxygens (including phenoxy) is 2. The van der Waals surface area contributed by atoms with Gasteiger partial charge in [0.1, 0.15) is 5.69 Å². The van der Waals surface area contributed by atoms with Gasteiger partial charge in [-0.3, -0.25) is 9.48 Å². The van der Waals surface area contributed by atoms with Crippen LogP contribution in [0.4, 0.5) is 5.69 Å². The molecule has 1 atom stereocenters. The van der Waals surface area contributed by atoms with Crippen LogP contribution >= 0.6 is 0 Å². The van der Waals surface area contributed by atoms with Crippen molar-refractivity contribution < 1.29 is 14.3 Å². The highest BCUT2D eigenvalue weighted by Gasteiger charge is 2.27. The Labute approximate surface area is 126 Å². The first-order valence-corrected chi connectivity index (χ1v) is 7.09. The number of rotatable bonds is 8. The highest BCUT2D eigenvalue weighted by Crippen LogP contribution is 2.19. The van der Waals surface area contributed by atoms with E-state index in [1.807, 2.05) is 13.8 Å². The van der Waals surface area contributed by atoms with Crippen LogP contribution in [-0.4, -0.2) is 60.6 Å². The minimum Gasteiger partial charge on any atom is -0.395 e. The standard InChI is InChI=1S/C14H26N4O3/c1-6-18-13(12(15)11(3)16-18)14(19)17(7-8-20-4)10(2)9-21-5/h10H,6-9,15H2,1-5H3. The lowest BCUT2D eigenvalue weighted by Gasteiger charge is -2.29. The number of carbonyl (C=O) groups excluding carboxylic acids is 1. The minimum atomic E-state index is -0.142. The monoisotopic (exact) mass is 298 g/mol. The first kappa shape index (κ1) is 17.5. The third kappa shape index (κ3) is 3.95. The van der Waals surface area contributed by atoms with Gasteiger partial charge in [0.05, 0.1) is 30.6 Å². The number of nitrogens with two attached hydrogens (primary N) is 1. The van der Waals surface area contributed by atoms with Crippen LogP contribution in [0.15, 0.2) is 0 Å². The number of aryl methyl sites for hydroxylation is 2. The number of aromatic nitrogens is 2. The van der Waals surface area contributed by atoms with Gasteiger partial charge >= 0.3 is 0 Å². The molecule has 120 valence electrons. The fourth-order valence-electron chi connectivity index (χ4n) is 2.23. The number of hydrogen-bond acceptors (Lipinski definition) is 5. The van der Waals surface area contributed by atoms with E-state index in [1.54, 1.807) is 30.7 Å². The predicted molar refractivity (Wildman–Crippen MR) is 81.3 cm³/mol. The average molecular weight is 298 g/mol. The minimum absolute atomic E-state index is 0.0717. The highest BCUT2D eigenvalue weighted by atomic mass is 16.5. The Morgan fingerprint density at radius 3 is 2.62 bits per heavy atom. The number of hydrogen-bond donors (Lipinski definition) is 1. The molecule has 0 aromatic carbocycles. The number of anilines is 1. The second kappa shape index (κ2) is 7.99. The molecule has 0 aliphatic rings. The van der Waals surface area contributed by atoms with Gasteiger partial charge in [0.2, 0.25) is 0 Å². The summed E-state index contributed by atoms with van der Waals surface area (Å²) < 4.78 is 11.9. The fourth-order valence-corrected chi connectivity index (χ4v) is 2.23. The van der Waals surface area contributed by atoms with Crippen LogP contribution in [0.25, 0.3) is 0 Å². The first-order valence-electron chi connectivity index (χ1n) is 7.09. The van der Waals surface area contributed by atoms with Crippen molar-refractivity contribution in [2.45, 2.75) is 33.4 Å². The molecule has 0 aliphatic heterocycles. The molecule has 0 aliphatic carbocycles. The molecule has 0 saturated carbocycles. The lowest BCUT2D eigenvalue weighted by atomic mass is 10.2. The van der Waals surface area contributed by atoms with Crippen molar-refractivity contribution in [3.05, 3.63) is 11.4 Å². The summed E-state index contributed by atoms with van der Waals surface area (Å²) in [5.74, 6) is -0.142. The van der Waals surface area contributed by atoms with Crippen LogP contribution in [0.1, 0.15) is 30.0 Å². The van der Waals surface area contributed by atoms with Gasteiger partial charge in [-0.2, -0.15) is 5.10 Å². The van der Waals surface area contributed by atoms with Gasteiger partial charge in [-0.15, -0.1) is 0 Å². The molecule has 2 N–H and O–H groups in total. The van der Waals surface area contributed by atoms with E-state index in [1.165, 1.54) is 0 Å². The van der Waals surface area contributed by atoms with Gasteiger partial charge in [0, 0.05) is 27.3 Å². The summed E-state index contributed by atoms with van der Waals surface area (Å²) >= 11 is 0. The number of nitrogen functional groups attached to an aromatic ring is 1. The number of amides is 1. The van der Waals surface area contributed by atoms with Crippen molar-refractivity contribution in [3.63, 3.8) is 0 Å². The Balaban J connectivity index is 3.09.